The number of benzene rings is 2. The number of aliphatic hydroxyl groups excluding tert-OH is 2. The van der Waals surface area contributed by atoms with Gasteiger partial charge in [-0.1, -0.05) is 13.0 Å². The molecule has 9 nitrogen and oxygen atoms in total. The summed E-state index contributed by atoms with van der Waals surface area (Å²) in [5.74, 6) is -0.196. The van der Waals surface area contributed by atoms with Gasteiger partial charge in [0.25, 0.3) is 5.91 Å². The average Bonchev–Trinajstić information content (AvgIpc) is 3.42. The molecule has 3 heterocycles. The fraction of sp³-hybridized carbons (Fsp3) is 0.529. The summed E-state index contributed by atoms with van der Waals surface area (Å²) in [6.07, 6.45) is 3.10. The van der Waals surface area contributed by atoms with Crippen molar-refractivity contribution < 1.29 is 33.4 Å². The molecule has 5 atom stereocenters. The van der Waals surface area contributed by atoms with Crippen molar-refractivity contribution >= 4 is 37.3 Å². The number of hydrogen-bond donors (Lipinski definition) is 3. The number of hydrogen-bond acceptors (Lipinski definition) is 7. The molecule has 2 aromatic rings. The molecule has 2 aromatic carbocycles. The van der Waals surface area contributed by atoms with Crippen LogP contribution in [0.4, 0.5) is 21.2 Å². The quantitative estimate of drug-likeness (QED) is 0.126. The molecule has 5 rings (SSSR count). The molecule has 0 radical (unpaired) electrons. The van der Waals surface area contributed by atoms with Crippen molar-refractivity contribution in [2.45, 2.75) is 75.9 Å². The fourth-order valence-corrected chi connectivity index (χ4v) is 10.1. The Morgan fingerprint density at radius 1 is 1.16 bits per heavy atom. The molecule has 0 aliphatic carbocycles. The molecule has 11 heteroatoms. The molecule has 3 aliphatic rings. The van der Waals surface area contributed by atoms with Crippen LogP contribution in [0.5, 0.6) is 5.75 Å². The number of aliphatic hydroxyl groups is 2. The second kappa shape index (κ2) is 13.3. The third kappa shape index (κ3) is 5.85. The van der Waals surface area contributed by atoms with Crippen molar-refractivity contribution in [3.05, 3.63) is 60.2 Å². The molecule has 0 aromatic heterocycles. The molecule has 1 fully saturated rings. The van der Waals surface area contributed by atoms with E-state index in [9.17, 15) is 19.8 Å². The molecular formula is C34H46FN3O6Si. The van der Waals surface area contributed by atoms with E-state index in [-0.39, 0.29) is 38.0 Å². The van der Waals surface area contributed by atoms with Gasteiger partial charge in [0.05, 0.1) is 30.1 Å². The molecule has 1 unspecified atom stereocenters. The topological polar surface area (TPSA) is 112 Å². The molecule has 2 amide bonds. The lowest BCUT2D eigenvalue weighted by atomic mass is 9.82. The first-order chi connectivity index (χ1) is 21.5. The van der Waals surface area contributed by atoms with Gasteiger partial charge >= 0.3 is 0 Å². The van der Waals surface area contributed by atoms with Crippen molar-refractivity contribution in [3.8, 4) is 5.75 Å². The van der Waals surface area contributed by atoms with Crippen LogP contribution in [0.1, 0.15) is 44.2 Å². The second-order valence-electron chi connectivity index (χ2n) is 12.7. The molecule has 3 aliphatic heterocycles. The lowest BCUT2D eigenvalue weighted by molar-refractivity contribution is -0.146. The molecule has 1 spiro atoms. The Kier molecular flexibility index (Phi) is 9.86. The van der Waals surface area contributed by atoms with E-state index in [1.54, 1.807) is 29.0 Å². The molecule has 0 saturated carbocycles. The summed E-state index contributed by atoms with van der Waals surface area (Å²) < 4.78 is 28.3. The SMILES string of the molecule is C=CCN1C(=O)[C@]2(O[C@H](CCO)[C@@H]([Si](C)(C)F)[C@@H]2C)c2cc(N3C(=O)C(NCCCCO)Cc4cc(OCC)ccc43)ccc21. The van der Waals surface area contributed by atoms with E-state index in [1.165, 1.54) is 0 Å². The number of anilines is 3. The monoisotopic (exact) mass is 639 g/mol. The van der Waals surface area contributed by atoms with Gasteiger partial charge in [-0.15, -0.1) is 6.58 Å². The van der Waals surface area contributed by atoms with Crippen LogP contribution in [0, 0.1) is 5.92 Å². The van der Waals surface area contributed by atoms with Gasteiger partial charge in [-0.05, 0) is 94.2 Å². The van der Waals surface area contributed by atoms with Gasteiger partial charge in [-0.2, -0.15) is 0 Å². The second-order valence-corrected chi connectivity index (χ2v) is 16.5. The van der Waals surface area contributed by atoms with Gasteiger partial charge in [0.15, 0.2) is 5.60 Å². The maximum atomic E-state index is 15.9. The van der Waals surface area contributed by atoms with Crippen LogP contribution in [0.15, 0.2) is 49.1 Å². The number of ether oxygens (including phenoxy) is 2. The molecule has 244 valence electrons. The highest BCUT2D eigenvalue weighted by atomic mass is 28.4. The molecular weight excluding hydrogens is 593 g/mol. The van der Waals surface area contributed by atoms with Crippen molar-refractivity contribution in [1.82, 2.24) is 5.32 Å². The first-order valence-corrected chi connectivity index (χ1v) is 19.0. The van der Waals surface area contributed by atoms with Crippen LogP contribution < -0.4 is 19.9 Å². The van der Waals surface area contributed by atoms with Gasteiger partial charge < -0.3 is 34.0 Å². The summed E-state index contributed by atoms with van der Waals surface area (Å²) >= 11 is 0. The zero-order valence-electron chi connectivity index (χ0n) is 26.7. The van der Waals surface area contributed by atoms with Crippen molar-refractivity contribution in [1.29, 1.82) is 0 Å². The van der Waals surface area contributed by atoms with Gasteiger partial charge in [-0.3, -0.25) is 14.5 Å². The summed E-state index contributed by atoms with van der Waals surface area (Å²) in [5, 5.41) is 22.5. The number of fused-ring (bicyclic) bond motifs is 3. The standard InChI is InChI=1S/C34H46FN3O6Si/c1-6-16-37-29-12-10-24(21-26(29)34(33(37)42)22(3)31(45(4,5)35)30(44-34)14-18-40)38-28-13-11-25(43-7-2)19-23(28)20-27(32(38)41)36-15-8-9-17-39/h6,10-13,19,21-22,27,30-31,36,39-40H,1,7-9,14-18,20H2,2-5H3/t22-,27?,30+,31-,34+/m0/s1. The number of amides is 2. The minimum Gasteiger partial charge on any atom is -0.494 e. The van der Waals surface area contributed by atoms with Crippen LogP contribution in [0.3, 0.4) is 0 Å². The maximum absolute atomic E-state index is 15.9. The third-order valence-electron chi connectivity index (χ3n) is 9.45. The predicted octanol–water partition coefficient (Wildman–Crippen LogP) is 4.73. The Labute approximate surface area is 266 Å². The minimum absolute atomic E-state index is 0.0913. The van der Waals surface area contributed by atoms with Crippen molar-refractivity contribution in [2.24, 2.45) is 5.92 Å². The van der Waals surface area contributed by atoms with Crippen molar-refractivity contribution in [3.63, 3.8) is 0 Å². The van der Waals surface area contributed by atoms with Crippen LogP contribution in [0.2, 0.25) is 18.6 Å². The van der Waals surface area contributed by atoms with Crippen LogP contribution in [0.25, 0.3) is 0 Å². The van der Waals surface area contributed by atoms with E-state index in [0.717, 1.165) is 23.4 Å². The summed E-state index contributed by atoms with van der Waals surface area (Å²) in [6.45, 7) is 12.2. The van der Waals surface area contributed by atoms with Crippen LogP contribution in [-0.4, -0.2) is 75.5 Å². The van der Waals surface area contributed by atoms with E-state index in [2.05, 4.69) is 11.9 Å². The number of carbonyl (C=O) groups excluding carboxylic acids is 2. The first kappa shape index (κ1) is 33.3. The zero-order chi connectivity index (χ0) is 32.5. The van der Waals surface area contributed by atoms with E-state index >= 15 is 4.11 Å². The largest absolute Gasteiger partial charge is 0.494 e. The Morgan fingerprint density at radius 2 is 1.91 bits per heavy atom. The molecule has 0 bridgehead atoms. The van der Waals surface area contributed by atoms with E-state index < -0.39 is 37.6 Å². The van der Waals surface area contributed by atoms with Crippen LogP contribution in [-0.2, 0) is 26.3 Å². The fourth-order valence-electron chi connectivity index (χ4n) is 7.60. The highest BCUT2D eigenvalue weighted by Crippen LogP contribution is 2.60. The molecule has 45 heavy (non-hydrogen) atoms. The highest BCUT2D eigenvalue weighted by Gasteiger charge is 2.66. The number of halogens is 1. The summed E-state index contributed by atoms with van der Waals surface area (Å²) in [7, 11) is -3.34. The van der Waals surface area contributed by atoms with Gasteiger partial charge in [-0.25, -0.2) is 0 Å². The maximum Gasteiger partial charge on any atom is 0.264 e. The Balaban J connectivity index is 1.63. The Morgan fingerprint density at radius 3 is 2.58 bits per heavy atom. The van der Waals surface area contributed by atoms with E-state index in [1.807, 2.05) is 50.2 Å². The van der Waals surface area contributed by atoms with Gasteiger partial charge in [0, 0.05) is 42.5 Å². The number of nitrogens with one attached hydrogen (secondary N) is 1. The molecule has 1 saturated heterocycles. The predicted molar refractivity (Wildman–Crippen MR) is 175 cm³/mol. The van der Waals surface area contributed by atoms with E-state index in [0.29, 0.717) is 42.9 Å². The average molecular weight is 640 g/mol. The normalized spacial score (nSPS) is 26.0. The summed E-state index contributed by atoms with van der Waals surface area (Å²) in [4.78, 5) is 31.8. The zero-order valence-corrected chi connectivity index (χ0v) is 27.7. The van der Waals surface area contributed by atoms with E-state index in [4.69, 9.17) is 9.47 Å². The number of rotatable bonds is 13. The molecule has 3 N–H and O–H groups in total. The smallest absolute Gasteiger partial charge is 0.264 e. The summed E-state index contributed by atoms with van der Waals surface area (Å²) in [5.41, 5.74) is 1.51. The van der Waals surface area contributed by atoms with Crippen LogP contribution >= 0.6 is 0 Å². The lowest BCUT2D eigenvalue weighted by Gasteiger charge is -2.36. The van der Waals surface area contributed by atoms with Gasteiger partial charge in [0.1, 0.15) is 5.75 Å². The number of carbonyl (C=O) groups is 2. The minimum atomic E-state index is -3.34. The third-order valence-corrected chi connectivity index (χ3v) is 11.9. The van der Waals surface area contributed by atoms with Gasteiger partial charge in [0.2, 0.25) is 14.3 Å². The highest BCUT2D eigenvalue weighted by molar-refractivity contribution is 6.72. The lowest BCUT2D eigenvalue weighted by Crippen LogP contribution is -2.49. The summed E-state index contributed by atoms with van der Waals surface area (Å²) in [6, 6.07) is 10.7. The Bertz CT molecular complexity index is 1430. The number of nitrogens with zero attached hydrogens (tertiary/aromatic N) is 2. The Hall–Kier alpha value is -3.09. The van der Waals surface area contributed by atoms with Crippen molar-refractivity contribution in [2.75, 3.05) is 42.7 Å². The first-order valence-electron chi connectivity index (χ1n) is 16.0. The number of unbranched alkanes of at least 4 members (excludes halogenated alkanes) is 1.